The SMILES string of the molecule is CCOC(O)c1ccc(-c2nc3ccnc(OC)c3cc2-c2ccccc2)cc1. The highest BCUT2D eigenvalue weighted by molar-refractivity contribution is 5.93. The quantitative estimate of drug-likeness (QED) is 0.473. The van der Waals surface area contributed by atoms with E-state index in [0.29, 0.717) is 18.1 Å². The first-order valence-corrected chi connectivity index (χ1v) is 9.50. The van der Waals surface area contributed by atoms with Crippen LogP contribution in [0.2, 0.25) is 0 Å². The van der Waals surface area contributed by atoms with Crippen LogP contribution in [0.15, 0.2) is 72.9 Å². The molecule has 4 rings (SSSR count). The van der Waals surface area contributed by atoms with Crippen LogP contribution in [0.25, 0.3) is 33.3 Å². The van der Waals surface area contributed by atoms with Crippen LogP contribution in [0, 0.1) is 0 Å². The summed E-state index contributed by atoms with van der Waals surface area (Å²) in [5.74, 6) is 0.550. The van der Waals surface area contributed by atoms with Crippen molar-refractivity contribution in [3.05, 3.63) is 78.5 Å². The highest BCUT2D eigenvalue weighted by atomic mass is 16.6. The number of methoxy groups -OCH3 is 1. The highest BCUT2D eigenvalue weighted by Crippen LogP contribution is 2.35. The van der Waals surface area contributed by atoms with E-state index >= 15 is 0 Å². The summed E-state index contributed by atoms with van der Waals surface area (Å²) in [6.07, 6.45) is 0.768. The van der Waals surface area contributed by atoms with Crippen LogP contribution in [0.1, 0.15) is 18.8 Å². The van der Waals surface area contributed by atoms with E-state index in [0.717, 1.165) is 33.3 Å². The number of fused-ring (bicyclic) bond motifs is 1. The smallest absolute Gasteiger partial charge is 0.222 e. The largest absolute Gasteiger partial charge is 0.481 e. The fraction of sp³-hybridized carbons (Fsp3) is 0.167. The van der Waals surface area contributed by atoms with Gasteiger partial charge in [-0.25, -0.2) is 9.97 Å². The number of aliphatic hydroxyl groups is 1. The van der Waals surface area contributed by atoms with Crippen molar-refractivity contribution in [1.82, 2.24) is 9.97 Å². The van der Waals surface area contributed by atoms with Crippen LogP contribution in [-0.4, -0.2) is 28.8 Å². The first kappa shape index (κ1) is 19.1. The van der Waals surface area contributed by atoms with Crippen LogP contribution in [0.5, 0.6) is 5.88 Å². The number of pyridine rings is 2. The van der Waals surface area contributed by atoms with Crippen molar-refractivity contribution in [3.63, 3.8) is 0 Å². The average Bonchev–Trinajstić information content (AvgIpc) is 2.78. The summed E-state index contributed by atoms with van der Waals surface area (Å²) < 4.78 is 10.7. The summed E-state index contributed by atoms with van der Waals surface area (Å²) in [4.78, 5) is 9.23. The van der Waals surface area contributed by atoms with E-state index in [1.54, 1.807) is 13.3 Å². The fourth-order valence-corrected chi connectivity index (χ4v) is 3.35. The predicted octanol–water partition coefficient (Wildman–Crippen LogP) is 5.00. The van der Waals surface area contributed by atoms with Crippen LogP contribution >= 0.6 is 0 Å². The third-order valence-electron chi connectivity index (χ3n) is 4.78. The van der Waals surface area contributed by atoms with Gasteiger partial charge in [0.1, 0.15) is 0 Å². The number of aliphatic hydroxyl groups excluding tert-OH is 1. The molecule has 0 aliphatic carbocycles. The Hall–Kier alpha value is -3.28. The zero-order valence-electron chi connectivity index (χ0n) is 16.4. The fourth-order valence-electron chi connectivity index (χ4n) is 3.35. The molecule has 2 heterocycles. The number of benzene rings is 2. The minimum Gasteiger partial charge on any atom is -0.481 e. The Morgan fingerprint density at radius 3 is 2.41 bits per heavy atom. The molecule has 1 N–H and O–H groups in total. The van der Waals surface area contributed by atoms with Crippen molar-refractivity contribution in [2.75, 3.05) is 13.7 Å². The Morgan fingerprint density at radius 1 is 0.966 bits per heavy atom. The molecule has 0 amide bonds. The maximum Gasteiger partial charge on any atom is 0.222 e. The van der Waals surface area contributed by atoms with Gasteiger partial charge in [0, 0.05) is 29.5 Å². The lowest BCUT2D eigenvalue weighted by atomic mass is 9.97. The molecule has 0 aliphatic rings. The molecule has 5 nitrogen and oxygen atoms in total. The molecule has 29 heavy (non-hydrogen) atoms. The van der Waals surface area contributed by atoms with Gasteiger partial charge in [-0.2, -0.15) is 0 Å². The average molecular weight is 386 g/mol. The zero-order valence-corrected chi connectivity index (χ0v) is 16.4. The second-order valence-corrected chi connectivity index (χ2v) is 6.57. The van der Waals surface area contributed by atoms with Crippen molar-refractivity contribution in [3.8, 4) is 28.3 Å². The van der Waals surface area contributed by atoms with E-state index in [1.807, 2.05) is 55.5 Å². The molecule has 0 radical (unpaired) electrons. The summed E-state index contributed by atoms with van der Waals surface area (Å²) in [6, 6.07) is 21.7. The minimum atomic E-state index is -0.928. The van der Waals surface area contributed by atoms with Gasteiger partial charge in [-0.3, -0.25) is 0 Å². The van der Waals surface area contributed by atoms with Gasteiger partial charge in [0.2, 0.25) is 5.88 Å². The van der Waals surface area contributed by atoms with Crippen LogP contribution < -0.4 is 4.74 Å². The van der Waals surface area contributed by atoms with Crippen molar-refractivity contribution in [2.45, 2.75) is 13.2 Å². The maximum atomic E-state index is 10.1. The topological polar surface area (TPSA) is 64.5 Å². The molecule has 0 saturated heterocycles. The summed E-state index contributed by atoms with van der Waals surface area (Å²) in [5, 5.41) is 10.9. The minimum absolute atomic E-state index is 0.448. The van der Waals surface area contributed by atoms with E-state index in [-0.39, 0.29) is 0 Å². The standard InChI is InChI=1S/C24H22N2O3/c1-3-29-24(27)18-11-9-17(10-12-18)22-19(16-7-5-4-6-8-16)15-20-21(26-22)13-14-25-23(20)28-2/h4-15,24,27H,3H2,1-2H3. The molecule has 0 spiro atoms. The maximum absolute atomic E-state index is 10.1. The molecule has 0 saturated carbocycles. The number of hydrogen-bond donors (Lipinski definition) is 1. The Kier molecular flexibility index (Phi) is 5.51. The third-order valence-corrected chi connectivity index (χ3v) is 4.78. The van der Waals surface area contributed by atoms with Gasteiger partial charge < -0.3 is 14.6 Å². The summed E-state index contributed by atoms with van der Waals surface area (Å²) in [6.45, 7) is 2.30. The van der Waals surface area contributed by atoms with E-state index in [4.69, 9.17) is 14.5 Å². The Morgan fingerprint density at radius 2 is 1.72 bits per heavy atom. The first-order chi connectivity index (χ1) is 14.2. The Balaban J connectivity index is 1.89. The van der Waals surface area contributed by atoms with Gasteiger partial charge >= 0.3 is 0 Å². The van der Waals surface area contributed by atoms with E-state index < -0.39 is 6.29 Å². The number of ether oxygens (including phenoxy) is 2. The lowest BCUT2D eigenvalue weighted by Crippen LogP contribution is -2.02. The second kappa shape index (κ2) is 8.39. The predicted molar refractivity (Wildman–Crippen MR) is 114 cm³/mol. The van der Waals surface area contributed by atoms with Gasteiger partial charge in [-0.05, 0) is 24.6 Å². The molecule has 0 aliphatic heterocycles. The van der Waals surface area contributed by atoms with Crippen molar-refractivity contribution in [1.29, 1.82) is 0 Å². The number of nitrogens with zero attached hydrogens (tertiary/aromatic N) is 2. The molecule has 5 heteroatoms. The molecule has 0 bridgehead atoms. The molecule has 146 valence electrons. The van der Waals surface area contributed by atoms with Crippen LogP contribution in [-0.2, 0) is 4.74 Å². The normalized spacial score (nSPS) is 12.1. The number of rotatable bonds is 6. The van der Waals surface area contributed by atoms with E-state index in [2.05, 4.69) is 23.2 Å². The second-order valence-electron chi connectivity index (χ2n) is 6.57. The highest BCUT2D eigenvalue weighted by Gasteiger charge is 2.15. The van der Waals surface area contributed by atoms with Crippen molar-refractivity contribution in [2.24, 2.45) is 0 Å². The van der Waals surface area contributed by atoms with Gasteiger partial charge in [-0.1, -0.05) is 54.6 Å². The summed E-state index contributed by atoms with van der Waals surface area (Å²) in [7, 11) is 1.61. The first-order valence-electron chi connectivity index (χ1n) is 9.50. The molecule has 2 aromatic heterocycles. The van der Waals surface area contributed by atoms with Crippen LogP contribution in [0.4, 0.5) is 0 Å². The summed E-state index contributed by atoms with van der Waals surface area (Å²) in [5.41, 5.74) is 5.38. The van der Waals surface area contributed by atoms with Crippen molar-refractivity contribution >= 4 is 10.9 Å². The van der Waals surface area contributed by atoms with Gasteiger partial charge in [0.05, 0.1) is 23.7 Å². The Bertz CT molecular complexity index is 1110. The van der Waals surface area contributed by atoms with Gasteiger partial charge in [-0.15, -0.1) is 0 Å². The van der Waals surface area contributed by atoms with Gasteiger partial charge in [0.25, 0.3) is 0 Å². The Labute approximate surface area is 169 Å². The number of hydrogen-bond acceptors (Lipinski definition) is 5. The van der Waals surface area contributed by atoms with E-state index in [1.165, 1.54) is 0 Å². The molecule has 2 aromatic carbocycles. The lowest BCUT2D eigenvalue weighted by Gasteiger charge is -2.14. The van der Waals surface area contributed by atoms with Crippen molar-refractivity contribution < 1.29 is 14.6 Å². The van der Waals surface area contributed by atoms with Crippen LogP contribution in [0.3, 0.4) is 0 Å². The third kappa shape index (κ3) is 3.83. The summed E-state index contributed by atoms with van der Waals surface area (Å²) >= 11 is 0. The van der Waals surface area contributed by atoms with Gasteiger partial charge in [0.15, 0.2) is 6.29 Å². The molecular formula is C24H22N2O3. The number of aromatic nitrogens is 2. The lowest BCUT2D eigenvalue weighted by molar-refractivity contribution is -0.0979. The molecule has 0 fully saturated rings. The molecular weight excluding hydrogens is 364 g/mol. The van der Waals surface area contributed by atoms with E-state index in [9.17, 15) is 5.11 Å². The molecule has 1 atom stereocenters. The monoisotopic (exact) mass is 386 g/mol. The molecule has 4 aromatic rings. The molecule has 1 unspecified atom stereocenters. The zero-order chi connectivity index (χ0) is 20.2.